The van der Waals surface area contributed by atoms with E-state index < -0.39 is 6.04 Å². The average Bonchev–Trinajstić information content (AvgIpc) is 3.12. The van der Waals surface area contributed by atoms with E-state index in [2.05, 4.69) is 52.5 Å². The van der Waals surface area contributed by atoms with E-state index in [0.717, 1.165) is 36.0 Å². The van der Waals surface area contributed by atoms with Gasteiger partial charge in [-0.2, -0.15) is 0 Å². The number of benzene rings is 2. The third-order valence-electron chi connectivity index (χ3n) is 5.87. The topological polar surface area (TPSA) is 74.2 Å². The van der Waals surface area contributed by atoms with Gasteiger partial charge in [-0.15, -0.1) is 0 Å². The number of H-pyrrole nitrogens is 1. The van der Waals surface area contributed by atoms with Crippen LogP contribution < -0.4 is 11.1 Å². The minimum absolute atomic E-state index is 0.0876. The number of nitrogens with zero attached hydrogens (tertiary/aromatic N) is 1. The molecule has 0 saturated heterocycles. The fraction of sp³-hybridized carbons (Fsp3) is 0.348. The van der Waals surface area contributed by atoms with Gasteiger partial charge in [0.2, 0.25) is 5.91 Å². The normalized spacial score (nSPS) is 18.0. The van der Waals surface area contributed by atoms with Crippen LogP contribution in [0.15, 0.2) is 54.7 Å². The van der Waals surface area contributed by atoms with E-state index in [9.17, 15) is 4.79 Å². The Balaban J connectivity index is 1.29. The summed E-state index contributed by atoms with van der Waals surface area (Å²) in [5.41, 5.74) is 11.2. The minimum atomic E-state index is -0.543. The standard InChI is InChI=1S/C23H28N4O/c1-16-19-7-3-2-6-17(19)10-12-27(16)13-11-25-23(28)21(24)14-18-15-26-22-9-5-4-8-20(18)22/h2-9,15-16,21,26H,10-14,24H2,1H3,(H,25,28). The highest BCUT2D eigenvalue weighted by Crippen LogP contribution is 2.28. The van der Waals surface area contributed by atoms with E-state index in [1.807, 2.05) is 24.4 Å². The second-order valence-electron chi connectivity index (χ2n) is 7.62. The van der Waals surface area contributed by atoms with Crippen LogP contribution in [0.2, 0.25) is 0 Å². The van der Waals surface area contributed by atoms with Crippen LogP contribution in [0.1, 0.15) is 29.7 Å². The lowest BCUT2D eigenvalue weighted by atomic mass is 9.94. The molecule has 1 amide bonds. The van der Waals surface area contributed by atoms with E-state index in [1.54, 1.807) is 0 Å². The zero-order chi connectivity index (χ0) is 19.5. The van der Waals surface area contributed by atoms with Crippen molar-refractivity contribution in [2.45, 2.75) is 31.8 Å². The van der Waals surface area contributed by atoms with E-state index in [4.69, 9.17) is 5.73 Å². The van der Waals surface area contributed by atoms with Crippen molar-refractivity contribution in [2.75, 3.05) is 19.6 Å². The predicted octanol–water partition coefficient (Wildman–Crippen LogP) is 2.77. The molecular weight excluding hydrogens is 348 g/mol. The molecule has 0 aliphatic carbocycles. The third-order valence-corrected chi connectivity index (χ3v) is 5.87. The maximum absolute atomic E-state index is 12.5. The van der Waals surface area contributed by atoms with Crippen molar-refractivity contribution in [3.05, 3.63) is 71.4 Å². The van der Waals surface area contributed by atoms with E-state index in [-0.39, 0.29) is 5.91 Å². The number of nitrogens with two attached hydrogens (primary N) is 1. The van der Waals surface area contributed by atoms with Crippen LogP contribution in [-0.2, 0) is 17.6 Å². The molecule has 2 aromatic carbocycles. The molecule has 2 atom stereocenters. The highest BCUT2D eigenvalue weighted by Gasteiger charge is 2.23. The first-order valence-electron chi connectivity index (χ1n) is 10.0. The molecule has 4 rings (SSSR count). The monoisotopic (exact) mass is 376 g/mol. The number of fused-ring (bicyclic) bond motifs is 2. The smallest absolute Gasteiger partial charge is 0.237 e. The van der Waals surface area contributed by atoms with Crippen molar-refractivity contribution < 1.29 is 4.79 Å². The van der Waals surface area contributed by atoms with Crippen molar-refractivity contribution >= 4 is 16.8 Å². The molecule has 5 heteroatoms. The van der Waals surface area contributed by atoms with Crippen LogP contribution in [0.5, 0.6) is 0 Å². The van der Waals surface area contributed by atoms with Crippen molar-refractivity contribution in [2.24, 2.45) is 5.73 Å². The minimum Gasteiger partial charge on any atom is -0.361 e. The molecule has 0 radical (unpaired) electrons. The molecule has 0 spiro atoms. The fourth-order valence-electron chi connectivity index (χ4n) is 4.21. The number of aromatic amines is 1. The SMILES string of the molecule is CC1c2ccccc2CCN1CCNC(=O)C(N)Cc1c[nH]c2ccccc12. The zero-order valence-corrected chi connectivity index (χ0v) is 16.3. The maximum atomic E-state index is 12.5. The molecule has 28 heavy (non-hydrogen) atoms. The van der Waals surface area contributed by atoms with Gasteiger partial charge in [0.15, 0.2) is 0 Å². The van der Waals surface area contributed by atoms with Crippen LogP contribution in [0.3, 0.4) is 0 Å². The Morgan fingerprint density at radius 2 is 2.04 bits per heavy atom. The summed E-state index contributed by atoms with van der Waals surface area (Å²) in [5.74, 6) is -0.0876. The van der Waals surface area contributed by atoms with Gasteiger partial charge in [-0.25, -0.2) is 0 Å². The lowest BCUT2D eigenvalue weighted by Gasteiger charge is -2.35. The van der Waals surface area contributed by atoms with Crippen molar-refractivity contribution in [1.29, 1.82) is 0 Å². The first-order chi connectivity index (χ1) is 13.6. The summed E-state index contributed by atoms with van der Waals surface area (Å²) < 4.78 is 0. The van der Waals surface area contributed by atoms with Gasteiger partial charge in [-0.1, -0.05) is 42.5 Å². The second-order valence-corrected chi connectivity index (χ2v) is 7.62. The molecule has 1 aliphatic heterocycles. The molecule has 1 aliphatic rings. The van der Waals surface area contributed by atoms with Gasteiger partial charge in [0.25, 0.3) is 0 Å². The number of amides is 1. The zero-order valence-electron chi connectivity index (χ0n) is 16.3. The van der Waals surface area contributed by atoms with Crippen LogP contribution in [-0.4, -0.2) is 41.5 Å². The fourth-order valence-corrected chi connectivity index (χ4v) is 4.21. The molecule has 4 N–H and O–H groups in total. The number of aromatic nitrogens is 1. The highest BCUT2D eigenvalue weighted by molar-refractivity contribution is 5.86. The van der Waals surface area contributed by atoms with Gasteiger partial charge >= 0.3 is 0 Å². The van der Waals surface area contributed by atoms with Crippen LogP contribution in [0, 0.1) is 0 Å². The number of carbonyl (C=O) groups is 1. The molecule has 2 unspecified atom stereocenters. The maximum Gasteiger partial charge on any atom is 0.237 e. The molecule has 2 heterocycles. The molecule has 146 valence electrons. The summed E-state index contributed by atoms with van der Waals surface area (Å²) in [7, 11) is 0. The van der Waals surface area contributed by atoms with Gasteiger partial charge in [-0.3, -0.25) is 9.69 Å². The Bertz CT molecular complexity index is 964. The van der Waals surface area contributed by atoms with E-state index in [0.29, 0.717) is 19.0 Å². The highest BCUT2D eigenvalue weighted by atomic mass is 16.2. The first kappa shape index (κ1) is 18.7. The van der Waals surface area contributed by atoms with Crippen LogP contribution in [0.25, 0.3) is 10.9 Å². The average molecular weight is 377 g/mol. The Morgan fingerprint density at radius 1 is 1.25 bits per heavy atom. The van der Waals surface area contributed by atoms with Crippen molar-refractivity contribution in [3.63, 3.8) is 0 Å². The van der Waals surface area contributed by atoms with E-state index in [1.165, 1.54) is 11.1 Å². The summed E-state index contributed by atoms with van der Waals surface area (Å²) in [6, 6.07) is 16.6. The van der Waals surface area contributed by atoms with Gasteiger partial charge in [-0.05, 0) is 42.5 Å². The van der Waals surface area contributed by atoms with Crippen molar-refractivity contribution in [1.82, 2.24) is 15.2 Å². The van der Waals surface area contributed by atoms with Crippen LogP contribution >= 0.6 is 0 Å². The Hall–Kier alpha value is -2.63. The molecule has 3 aromatic rings. The molecular formula is C23H28N4O. The lowest BCUT2D eigenvalue weighted by molar-refractivity contribution is -0.122. The van der Waals surface area contributed by atoms with Crippen LogP contribution in [0.4, 0.5) is 0 Å². The van der Waals surface area contributed by atoms with Gasteiger partial charge in [0, 0.05) is 42.8 Å². The van der Waals surface area contributed by atoms with Gasteiger partial charge in [0.1, 0.15) is 0 Å². The molecule has 5 nitrogen and oxygen atoms in total. The number of carbonyl (C=O) groups excluding carboxylic acids is 1. The number of rotatable bonds is 6. The molecule has 0 bridgehead atoms. The quantitative estimate of drug-likeness (QED) is 0.619. The third kappa shape index (κ3) is 3.81. The summed E-state index contributed by atoms with van der Waals surface area (Å²) in [6.45, 7) is 4.71. The summed E-state index contributed by atoms with van der Waals surface area (Å²) >= 11 is 0. The summed E-state index contributed by atoms with van der Waals surface area (Å²) in [4.78, 5) is 18.1. The Morgan fingerprint density at radius 3 is 2.93 bits per heavy atom. The lowest BCUT2D eigenvalue weighted by Crippen LogP contribution is -2.45. The predicted molar refractivity (Wildman–Crippen MR) is 113 cm³/mol. The molecule has 1 aromatic heterocycles. The molecule has 0 saturated carbocycles. The van der Waals surface area contributed by atoms with Crippen molar-refractivity contribution in [3.8, 4) is 0 Å². The number of hydrogen-bond acceptors (Lipinski definition) is 3. The van der Waals surface area contributed by atoms with Gasteiger partial charge < -0.3 is 16.0 Å². The number of para-hydroxylation sites is 1. The van der Waals surface area contributed by atoms with E-state index >= 15 is 0 Å². The molecule has 0 fully saturated rings. The second kappa shape index (κ2) is 8.17. The Kier molecular flexibility index (Phi) is 5.46. The van der Waals surface area contributed by atoms with Gasteiger partial charge in [0.05, 0.1) is 6.04 Å². The first-order valence-corrected chi connectivity index (χ1v) is 10.0. The summed E-state index contributed by atoms with van der Waals surface area (Å²) in [5, 5.41) is 4.15. The number of hydrogen-bond donors (Lipinski definition) is 3. The summed E-state index contributed by atoms with van der Waals surface area (Å²) in [6.07, 6.45) is 3.54. The number of nitrogens with one attached hydrogen (secondary N) is 2. The largest absolute Gasteiger partial charge is 0.361 e. The Labute approximate surface area is 165 Å².